The highest BCUT2D eigenvalue weighted by atomic mass is 35.5. The molecule has 0 bridgehead atoms. The number of likely N-dealkylation sites (N-methyl/N-ethyl adjacent to an activating group) is 2. The number of likely N-dealkylation sites (tertiary alicyclic amines) is 2. The van der Waals surface area contributed by atoms with E-state index in [4.69, 9.17) is 27.6 Å². The van der Waals surface area contributed by atoms with Crippen LogP contribution in [0.15, 0.2) is 82.0 Å². The molecule has 2 saturated heterocycles. The molecule has 8 nitrogen and oxygen atoms in total. The van der Waals surface area contributed by atoms with Gasteiger partial charge in [0, 0.05) is 52.3 Å². The molecule has 264 valence electrons. The molecular formula is C40H46Cl2N4O4. The number of piperidine rings is 2. The summed E-state index contributed by atoms with van der Waals surface area (Å²) in [5.74, 6) is -0.0283. The molecule has 1 unspecified atom stereocenters. The van der Waals surface area contributed by atoms with E-state index in [1.165, 1.54) is 6.42 Å². The van der Waals surface area contributed by atoms with Crippen LogP contribution in [0, 0.1) is 0 Å². The molecule has 4 aromatic rings. The number of fused-ring (bicyclic) bond motifs is 1. The zero-order valence-corrected chi connectivity index (χ0v) is 30.7. The van der Waals surface area contributed by atoms with Gasteiger partial charge in [0.05, 0.1) is 15.4 Å². The molecule has 1 atom stereocenters. The first-order valence-electron chi connectivity index (χ1n) is 17.6. The smallest absolute Gasteiger partial charge is 0.261 e. The lowest BCUT2D eigenvalue weighted by Gasteiger charge is -2.50. The molecule has 3 heterocycles. The SMILES string of the molecule is CN(C)C(=O)C1(N2CCCCC2)CCN(CCC(CN(C)C(=O)c2c(-c3ccccc3)oc3ccccc3c2=O)c2ccc(Cl)c(Cl)c2)CC1. The van der Waals surface area contributed by atoms with Crippen LogP contribution >= 0.6 is 23.2 Å². The molecule has 6 rings (SSSR count). The number of benzene rings is 3. The Hall–Kier alpha value is -3.69. The first kappa shape index (κ1) is 36.1. The Morgan fingerprint density at radius 2 is 1.54 bits per heavy atom. The maximum absolute atomic E-state index is 14.3. The maximum Gasteiger partial charge on any atom is 0.261 e. The second-order valence-electron chi connectivity index (χ2n) is 14.0. The summed E-state index contributed by atoms with van der Waals surface area (Å²) >= 11 is 12.8. The van der Waals surface area contributed by atoms with Crippen molar-refractivity contribution in [3.8, 4) is 11.3 Å². The molecule has 0 N–H and O–H groups in total. The Balaban J connectivity index is 1.24. The van der Waals surface area contributed by atoms with Crippen LogP contribution in [0.3, 0.4) is 0 Å². The van der Waals surface area contributed by atoms with Gasteiger partial charge in [-0.15, -0.1) is 0 Å². The molecule has 2 aliphatic heterocycles. The topological polar surface area (TPSA) is 77.3 Å². The van der Waals surface area contributed by atoms with Crippen LogP contribution in [-0.4, -0.2) is 97.4 Å². The Kier molecular flexibility index (Phi) is 11.3. The van der Waals surface area contributed by atoms with Gasteiger partial charge in [-0.25, -0.2) is 0 Å². The number of nitrogens with zero attached hydrogens (tertiary/aromatic N) is 4. The summed E-state index contributed by atoms with van der Waals surface area (Å²) in [5, 5.41) is 1.29. The number of carbonyl (C=O) groups excluding carboxylic acids is 2. The van der Waals surface area contributed by atoms with Gasteiger partial charge in [0.2, 0.25) is 11.3 Å². The summed E-state index contributed by atoms with van der Waals surface area (Å²) in [7, 11) is 5.46. The van der Waals surface area contributed by atoms with E-state index in [1.54, 1.807) is 41.1 Å². The average molecular weight is 718 g/mol. The minimum Gasteiger partial charge on any atom is -0.455 e. The molecule has 0 radical (unpaired) electrons. The number of amides is 2. The largest absolute Gasteiger partial charge is 0.455 e. The van der Waals surface area contributed by atoms with Crippen molar-refractivity contribution in [1.29, 1.82) is 0 Å². The number of hydrogen-bond acceptors (Lipinski definition) is 6. The molecule has 2 amide bonds. The van der Waals surface area contributed by atoms with Gasteiger partial charge in [0.25, 0.3) is 5.91 Å². The third kappa shape index (κ3) is 7.49. The highest BCUT2D eigenvalue weighted by molar-refractivity contribution is 6.42. The van der Waals surface area contributed by atoms with Crippen LogP contribution < -0.4 is 5.43 Å². The highest BCUT2D eigenvalue weighted by Crippen LogP contribution is 2.35. The molecule has 1 aromatic heterocycles. The van der Waals surface area contributed by atoms with Gasteiger partial charge in [-0.1, -0.05) is 78.2 Å². The second-order valence-corrected chi connectivity index (χ2v) is 14.8. The number of para-hydroxylation sites is 1. The van der Waals surface area contributed by atoms with Crippen LogP contribution in [0.5, 0.6) is 0 Å². The molecule has 50 heavy (non-hydrogen) atoms. The summed E-state index contributed by atoms with van der Waals surface area (Å²) in [4.78, 5) is 50.1. The molecule has 10 heteroatoms. The Morgan fingerprint density at radius 3 is 2.22 bits per heavy atom. The monoisotopic (exact) mass is 716 g/mol. The van der Waals surface area contributed by atoms with Gasteiger partial charge < -0.3 is 19.1 Å². The molecule has 0 spiro atoms. The lowest BCUT2D eigenvalue weighted by Crippen LogP contribution is -2.64. The van der Waals surface area contributed by atoms with E-state index in [9.17, 15) is 14.4 Å². The van der Waals surface area contributed by atoms with E-state index >= 15 is 0 Å². The van der Waals surface area contributed by atoms with Gasteiger partial charge in [-0.05, 0) is 81.6 Å². The molecule has 0 saturated carbocycles. The van der Waals surface area contributed by atoms with E-state index in [0.717, 1.165) is 70.4 Å². The predicted molar refractivity (Wildman–Crippen MR) is 201 cm³/mol. The lowest BCUT2D eigenvalue weighted by atomic mass is 9.82. The first-order chi connectivity index (χ1) is 24.1. The predicted octanol–water partition coefficient (Wildman–Crippen LogP) is 7.42. The maximum atomic E-state index is 14.3. The van der Waals surface area contributed by atoms with Crippen molar-refractivity contribution in [2.24, 2.45) is 0 Å². The second kappa shape index (κ2) is 15.7. The van der Waals surface area contributed by atoms with Crippen LogP contribution in [0.2, 0.25) is 10.0 Å². The fraction of sp³-hybridized carbons (Fsp3) is 0.425. The minimum atomic E-state index is -0.451. The zero-order valence-electron chi connectivity index (χ0n) is 29.2. The zero-order chi connectivity index (χ0) is 35.4. The third-order valence-corrected chi connectivity index (χ3v) is 11.3. The number of rotatable bonds is 10. The van der Waals surface area contributed by atoms with Crippen LogP contribution in [0.1, 0.15) is 60.4 Å². The Bertz CT molecular complexity index is 1880. The fourth-order valence-corrected chi connectivity index (χ4v) is 8.06. The number of carbonyl (C=O) groups is 2. The Labute approximate surface area is 304 Å². The third-order valence-electron chi connectivity index (χ3n) is 10.5. The van der Waals surface area contributed by atoms with Crippen molar-refractivity contribution in [3.05, 3.63) is 104 Å². The normalized spacial score (nSPS) is 17.4. The van der Waals surface area contributed by atoms with Crippen molar-refractivity contribution < 1.29 is 14.0 Å². The summed E-state index contributed by atoms with van der Waals surface area (Å²) in [6, 6.07) is 21.9. The van der Waals surface area contributed by atoms with Crippen LogP contribution in [-0.2, 0) is 4.79 Å². The van der Waals surface area contributed by atoms with Gasteiger partial charge in [0.15, 0.2) is 5.76 Å². The van der Waals surface area contributed by atoms with Crippen LogP contribution in [0.4, 0.5) is 0 Å². The average Bonchev–Trinajstić information content (AvgIpc) is 3.14. The van der Waals surface area contributed by atoms with Gasteiger partial charge >= 0.3 is 0 Å². The van der Waals surface area contributed by atoms with E-state index in [1.807, 2.05) is 62.6 Å². The van der Waals surface area contributed by atoms with E-state index in [2.05, 4.69) is 9.80 Å². The highest BCUT2D eigenvalue weighted by Gasteiger charge is 2.47. The minimum absolute atomic E-state index is 0.0148. The van der Waals surface area contributed by atoms with Crippen molar-refractivity contribution in [1.82, 2.24) is 19.6 Å². The van der Waals surface area contributed by atoms with Crippen LogP contribution in [0.25, 0.3) is 22.3 Å². The van der Waals surface area contributed by atoms with Gasteiger partial charge in [0.1, 0.15) is 16.7 Å². The van der Waals surface area contributed by atoms with E-state index in [-0.39, 0.29) is 28.6 Å². The molecule has 0 aliphatic carbocycles. The quantitative estimate of drug-likeness (QED) is 0.170. The summed E-state index contributed by atoms with van der Waals surface area (Å²) in [6.07, 6.45) is 5.82. The molecule has 2 aliphatic rings. The summed E-state index contributed by atoms with van der Waals surface area (Å²) in [5.41, 5.74) is 1.27. The van der Waals surface area contributed by atoms with E-state index < -0.39 is 11.4 Å². The summed E-state index contributed by atoms with van der Waals surface area (Å²) < 4.78 is 6.25. The molecule has 3 aromatic carbocycles. The van der Waals surface area contributed by atoms with Gasteiger partial charge in [-0.3, -0.25) is 19.3 Å². The standard InChI is InChI=1S/C40H46Cl2N4O4/c1-43(2)39(49)40(46-21-10-5-11-22-46)19-24-45(25-20-40)23-18-30(29-16-17-32(41)33(42)26-29)27-44(3)38(48)35-36(47)31-14-8-9-15-34(31)50-37(35)28-12-6-4-7-13-28/h4,6-9,12-17,26,30H,5,10-11,18-25,27H2,1-3H3. The number of hydrogen-bond donors (Lipinski definition) is 0. The molecular weight excluding hydrogens is 671 g/mol. The summed E-state index contributed by atoms with van der Waals surface area (Å²) in [6.45, 7) is 4.71. The lowest BCUT2D eigenvalue weighted by molar-refractivity contribution is -0.147. The van der Waals surface area contributed by atoms with Crippen molar-refractivity contribution in [2.75, 3.05) is 60.4 Å². The Morgan fingerprint density at radius 1 is 0.860 bits per heavy atom. The van der Waals surface area contributed by atoms with Crippen molar-refractivity contribution in [3.63, 3.8) is 0 Å². The fourth-order valence-electron chi connectivity index (χ4n) is 7.75. The first-order valence-corrected chi connectivity index (χ1v) is 18.4. The van der Waals surface area contributed by atoms with Crippen molar-refractivity contribution in [2.45, 2.75) is 50.0 Å². The molecule has 2 fully saturated rings. The van der Waals surface area contributed by atoms with Crippen molar-refractivity contribution >= 4 is 46.0 Å². The number of halogens is 2. The van der Waals surface area contributed by atoms with E-state index in [0.29, 0.717) is 33.1 Å². The van der Waals surface area contributed by atoms with Gasteiger partial charge in [-0.2, -0.15) is 0 Å².